The van der Waals surface area contributed by atoms with Crippen LogP contribution >= 0.6 is 43.2 Å². The SMILES string of the molecule is CCc1ccc(C(Br)c2csc(Br)c2)cc1. The van der Waals surface area contributed by atoms with E-state index in [1.807, 2.05) is 0 Å². The molecule has 1 unspecified atom stereocenters. The molecule has 0 aliphatic rings. The van der Waals surface area contributed by atoms with Crippen molar-refractivity contribution >= 4 is 43.2 Å². The molecular formula is C13H12Br2S. The van der Waals surface area contributed by atoms with E-state index >= 15 is 0 Å². The molecule has 0 saturated carbocycles. The molecule has 0 bridgehead atoms. The fourth-order valence-corrected chi connectivity index (χ4v) is 3.52. The Hall–Kier alpha value is -0.120. The lowest BCUT2D eigenvalue weighted by Gasteiger charge is -2.08. The molecule has 0 fully saturated rings. The van der Waals surface area contributed by atoms with E-state index in [0.29, 0.717) is 4.83 Å². The maximum absolute atomic E-state index is 3.74. The van der Waals surface area contributed by atoms with E-state index in [1.54, 1.807) is 11.3 Å². The highest BCUT2D eigenvalue weighted by molar-refractivity contribution is 9.11. The molecule has 84 valence electrons. The van der Waals surface area contributed by atoms with Crippen molar-refractivity contribution in [1.82, 2.24) is 0 Å². The summed E-state index contributed by atoms with van der Waals surface area (Å²) in [6.07, 6.45) is 1.09. The van der Waals surface area contributed by atoms with Crippen molar-refractivity contribution in [2.24, 2.45) is 0 Å². The molecule has 1 aromatic carbocycles. The normalized spacial score (nSPS) is 12.7. The molecule has 1 atom stereocenters. The molecule has 0 spiro atoms. The van der Waals surface area contributed by atoms with E-state index in [2.05, 4.69) is 74.5 Å². The summed E-state index contributed by atoms with van der Waals surface area (Å²) < 4.78 is 1.18. The highest BCUT2D eigenvalue weighted by atomic mass is 79.9. The largest absolute Gasteiger partial charge is 0.136 e. The molecule has 0 aliphatic carbocycles. The first-order valence-electron chi connectivity index (χ1n) is 5.17. The topological polar surface area (TPSA) is 0 Å². The molecule has 2 rings (SSSR count). The van der Waals surface area contributed by atoms with Crippen LogP contribution in [0.3, 0.4) is 0 Å². The van der Waals surface area contributed by atoms with Gasteiger partial charge in [-0.2, -0.15) is 0 Å². The zero-order valence-corrected chi connectivity index (χ0v) is 12.9. The standard InChI is InChI=1S/C13H12Br2S/c1-2-9-3-5-10(6-4-9)13(15)11-7-12(14)16-8-11/h3-8,13H,2H2,1H3. The predicted octanol–water partition coefficient (Wildman–Crippen LogP) is 5.56. The summed E-state index contributed by atoms with van der Waals surface area (Å²) in [7, 11) is 0. The Kier molecular flexibility index (Phi) is 4.22. The fourth-order valence-electron chi connectivity index (χ4n) is 1.57. The molecule has 1 aromatic heterocycles. The van der Waals surface area contributed by atoms with Gasteiger partial charge in [0.2, 0.25) is 0 Å². The molecule has 0 radical (unpaired) electrons. The minimum Gasteiger partial charge on any atom is -0.136 e. The van der Waals surface area contributed by atoms with Gasteiger partial charge >= 0.3 is 0 Å². The van der Waals surface area contributed by atoms with E-state index in [0.717, 1.165) is 6.42 Å². The van der Waals surface area contributed by atoms with Crippen LogP contribution in [0.5, 0.6) is 0 Å². The average molecular weight is 360 g/mol. The second kappa shape index (κ2) is 5.48. The van der Waals surface area contributed by atoms with Crippen LogP contribution in [-0.2, 0) is 6.42 Å². The Morgan fingerprint density at radius 2 is 1.88 bits per heavy atom. The first-order valence-corrected chi connectivity index (χ1v) is 7.76. The Morgan fingerprint density at radius 3 is 2.38 bits per heavy atom. The van der Waals surface area contributed by atoms with Crippen molar-refractivity contribution in [1.29, 1.82) is 0 Å². The van der Waals surface area contributed by atoms with Gasteiger partial charge in [0.05, 0.1) is 8.61 Å². The molecule has 0 nitrogen and oxygen atoms in total. The molecule has 0 amide bonds. The minimum atomic E-state index is 0.293. The van der Waals surface area contributed by atoms with Gasteiger partial charge in [0.1, 0.15) is 0 Å². The first-order chi connectivity index (χ1) is 7.70. The van der Waals surface area contributed by atoms with E-state index in [9.17, 15) is 0 Å². The highest BCUT2D eigenvalue weighted by Gasteiger charge is 2.11. The second-order valence-electron chi connectivity index (χ2n) is 3.64. The second-order valence-corrected chi connectivity index (χ2v) is 6.85. The maximum Gasteiger partial charge on any atom is 0.0701 e. The van der Waals surface area contributed by atoms with Crippen molar-refractivity contribution in [3.05, 3.63) is 56.2 Å². The van der Waals surface area contributed by atoms with Crippen LogP contribution in [0.15, 0.2) is 39.5 Å². The summed E-state index contributed by atoms with van der Waals surface area (Å²) in [5.74, 6) is 0. The zero-order chi connectivity index (χ0) is 11.5. The number of hydrogen-bond acceptors (Lipinski definition) is 1. The first kappa shape index (κ1) is 12.3. The maximum atomic E-state index is 3.74. The zero-order valence-electron chi connectivity index (χ0n) is 8.91. The Labute approximate surface area is 117 Å². The number of aryl methyl sites for hydroxylation is 1. The molecular weight excluding hydrogens is 348 g/mol. The molecule has 0 N–H and O–H groups in total. The smallest absolute Gasteiger partial charge is 0.0701 e. The lowest BCUT2D eigenvalue weighted by molar-refractivity contribution is 1.12. The van der Waals surface area contributed by atoms with Crippen molar-refractivity contribution in [2.75, 3.05) is 0 Å². The van der Waals surface area contributed by atoms with Crippen molar-refractivity contribution in [3.8, 4) is 0 Å². The minimum absolute atomic E-state index is 0.293. The number of hydrogen-bond donors (Lipinski definition) is 0. The molecule has 1 heterocycles. The number of alkyl halides is 1. The van der Waals surface area contributed by atoms with E-state index in [4.69, 9.17) is 0 Å². The lowest BCUT2D eigenvalue weighted by atomic mass is 10.0. The van der Waals surface area contributed by atoms with Crippen molar-refractivity contribution < 1.29 is 0 Å². The summed E-state index contributed by atoms with van der Waals surface area (Å²) in [5.41, 5.74) is 4.00. The monoisotopic (exact) mass is 358 g/mol. The van der Waals surface area contributed by atoms with Crippen LogP contribution in [0.25, 0.3) is 0 Å². The van der Waals surface area contributed by atoms with Gasteiger partial charge in [-0.3, -0.25) is 0 Å². The summed E-state index contributed by atoms with van der Waals surface area (Å²) in [5, 5.41) is 2.18. The molecule has 0 saturated heterocycles. The van der Waals surface area contributed by atoms with Gasteiger partial charge in [0.15, 0.2) is 0 Å². The number of rotatable bonds is 3. The molecule has 2 aromatic rings. The summed E-state index contributed by atoms with van der Waals surface area (Å²) in [4.78, 5) is 0.293. The van der Waals surface area contributed by atoms with Crippen LogP contribution in [-0.4, -0.2) is 0 Å². The quantitative estimate of drug-likeness (QED) is 0.629. The number of benzene rings is 1. The summed E-state index contributed by atoms with van der Waals surface area (Å²) in [6.45, 7) is 2.18. The van der Waals surface area contributed by atoms with Crippen molar-refractivity contribution in [2.45, 2.75) is 18.2 Å². The van der Waals surface area contributed by atoms with Gasteiger partial charge in [0, 0.05) is 0 Å². The molecule has 16 heavy (non-hydrogen) atoms. The van der Waals surface area contributed by atoms with Gasteiger partial charge in [0.25, 0.3) is 0 Å². The summed E-state index contributed by atoms with van der Waals surface area (Å²) in [6, 6.07) is 11.0. The third kappa shape index (κ3) is 2.76. The summed E-state index contributed by atoms with van der Waals surface area (Å²) >= 11 is 8.95. The van der Waals surface area contributed by atoms with Gasteiger partial charge < -0.3 is 0 Å². The average Bonchev–Trinajstić information content (AvgIpc) is 2.75. The van der Waals surface area contributed by atoms with Gasteiger partial charge in [-0.25, -0.2) is 0 Å². The Bertz CT molecular complexity index is 459. The molecule has 3 heteroatoms. The Morgan fingerprint density at radius 1 is 1.19 bits per heavy atom. The Balaban J connectivity index is 2.23. The van der Waals surface area contributed by atoms with Crippen LogP contribution in [0, 0.1) is 0 Å². The lowest BCUT2D eigenvalue weighted by Crippen LogP contribution is -1.91. The van der Waals surface area contributed by atoms with Crippen molar-refractivity contribution in [3.63, 3.8) is 0 Å². The third-order valence-electron chi connectivity index (χ3n) is 2.56. The van der Waals surface area contributed by atoms with Crippen LogP contribution in [0.2, 0.25) is 0 Å². The number of thiophene rings is 1. The van der Waals surface area contributed by atoms with Gasteiger partial charge in [-0.05, 0) is 50.5 Å². The van der Waals surface area contributed by atoms with Crippen LogP contribution < -0.4 is 0 Å². The van der Waals surface area contributed by atoms with Crippen LogP contribution in [0.4, 0.5) is 0 Å². The van der Waals surface area contributed by atoms with Gasteiger partial charge in [-0.15, -0.1) is 11.3 Å². The van der Waals surface area contributed by atoms with Crippen LogP contribution in [0.1, 0.15) is 28.4 Å². The van der Waals surface area contributed by atoms with E-state index < -0.39 is 0 Å². The highest BCUT2D eigenvalue weighted by Crippen LogP contribution is 2.35. The fraction of sp³-hybridized carbons (Fsp3) is 0.231. The number of halogens is 2. The van der Waals surface area contributed by atoms with E-state index in [-0.39, 0.29) is 0 Å². The van der Waals surface area contributed by atoms with E-state index in [1.165, 1.54) is 20.5 Å². The predicted molar refractivity (Wildman–Crippen MR) is 78.6 cm³/mol. The van der Waals surface area contributed by atoms with Gasteiger partial charge in [-0.1, -0.05) is 47.1 Å². The third-order valence-corrected chi connectivity index (χ3v) is 5.14. The molecule has 0 aliphatic heterocycles.